The predicted molar refractivity (Wildman–Crippen MR) is 87.3 cm³/mol. The second-order valence-corrected chi connectivity index (χ2v) is 5.95. The second kappa shape index (κ2) is 6.43. The van der Waals surface area contributed by atoms with E-state index in [0.717, 1.165) is 5.02 Å². The summed E-state index contributed by atoms with van der Waals surface area (Å²) < 4.78 is 0. The Balaban J connectivity index is 2.10. The number of nitrogens with one attached hydrogen (secondary N) is 1. The molecule has 0 aliphatic rings. The molecule has 0 bridgehead atoms. The topological polar surface area (TPSA) is 12.0 Å². The zero-order valence-electron chi connectivity index (χ0n) is 12.6. The third-order valence-electron chi connectivity index (χ3n) is 3.88. The molecular formula is C18H22ClN. The highest BCUT2D eigenvalue weighted by Crippen LogP contribution is 2.22. The van der Waals surface area contributed by atoms with Gasteiger partial charge in [-0.1, -0.05) is 41.9 Å². The molecule has 2 aromatic carbocycles. The van der Waals surface area contributed by atoms with Crippen LogP contribution in [0.2, 0.25) is 5.02 Å². The molecule has 0 amide bonds. The lowest BCUT2D eigenvalue weighted by atomic mass is 10.0. The minimum atomic E-state index is 0.269. The first kappa shape index (κ1) is 15.1. The summed E-state index contributed by atoms with van der Waals surface area (Å²) in [5.74, 6) is 0. The van der Waals surface area contributed by atoms with Crippen molar-refractivity contribution in [2.75, 3.05) is 0 Å². The van der Waals surface area contributed by atoms with Crippen LogP contribution in [-0.2, 0) is 0 Å². The van der Waals surface area contributed by atoms with Crippen molar-refractivity contribution in [2.45, 2.75) is 39.8 Å². The van der Waals surface area contributed by atoms with Gasteiger partial charge in [0.2, 0.25) is 0 Å². The summed E-state index contributed by atoms with van der Waals surface area (Å²) in [7, 11) is 0. The van der Waals surface area contributed by atoms with Gasteiger partial charge in [-0.2, -0.15) is 0 Å². The van der Waals surface area contributed by atoms with Crippen molar-refractivity contribution in [3.05, 3.63) is 69.7 Å². The minimum absolute atomic E-state index is 0.269. The molecule has 0 saturated heterocycles. The molecule has 0 aromatic heterocycles. The monoisotopic (exact) mass is 287 g/mol. The Morgan fingerprint density at radius 2 is 1.50 bits per heavy atom. The van der Waals surface area contributed by atoms with Crippen LogP contribution in [0.25, 0.3) is 0 Å². The van der Waals surface area contributed by atoms with E-state index in [9.17, 15) is 0 Å². The van der Waals surface area contributed by atoms with Crippen LogP contribution >= 0.6 is 11.6 Å². The molecule has 2 heteroatoms. The maximum atomic E-state index is 6.05. The van der Waals surface area contributed by atoms with Crippen LogP contribution in [0, 0.1) is 13.8 Å². The Morgan fingerprint density at radius 1 is 0.850 bits per heavy atom. The summed E-state index contributed by atoms with van der Waals surface area (Å²) >= 11 is 6.05. The average Bonchev–Trinajstić information content (AvgIpc) is 2.41. The molecule has 0 aliphatic heterocycles. The Hall–Kier alpha value is -1.31. The number of rotatable bonds is 4. The van der Waals surface area contributed by atoms with Gasteiger partial charge in [-0.25, -0.2) is 0 Å². The quantitative estimate of drug-likeness (QED) is 0.797. The number of halogens is 1. The predicted octanol–water partition coefficient (Wildman–Crippen LogP) is 5.37. The van der Waals surface area contributed by atoms with Crippen molar-refractivity contribution in [1.29, 1.82) is 0 Å². The molecule has 1 N–H and O–H groups in total. The fraction of sp³-hybridized carbons (Fsp3) is 0.333. The largest absolute Gasteiger partial charge is 0.304 e. The van der Waals surface area contributed by atoms with Crippen LogP contribution in [0.4, 0.5) is 0 Å². The van der Waals surface area contributed by atoms with E-state index in [1.165, 1.54) is 22.3 Å². The van der Waals surface area contributed by atoms with Crippen LogP contribution < -0.4 is 5.32 Å². The van der Waals surface area contributed by atoms with Crippen molar-refractivity contribution in [3.8, 4) is 0 Å². The van der Waals surface area contributed by atoms with Gasteiger partial charge in [-0.15, -0.1) is 0 Å². The molecule has 2 aromatic rings. The Bertz CT molecular complexity index is 592. The Morgan fingerprint density at radius 3 is 2.10 bits per heavy atom. The zero-order chi connectivity index (χ0) is 14.7. The van der Waals surface area contributed by atoms with E-state index < -0.39 is 0 Å². The number of hydrogen-bond donors (Lipinski definition) is 1. The highest BCUT2D eigenvalue weighted by Gasteiger charge is 2.11. The van der Waals surface area contributed by atoms with Crippen molar-refractivity contribution in [1.82, 2.24) is 5.32 Å². The standard InChI is InChI=1S/C18H22ClN/c1-12-8-9-17(10-13(12)2)15(4)20-14(3)16-6-5-7-18(19)11-16/h5-11,14-15,20H,1-4H3/t14-,15?/m0/s1. The third-order valence-corrected chi connectivity index (χ3v) is 4.11. The lowest BCUT2D eigenvalue weighted by Crippen LogP contribution is -2.22. The number of aryl methyl sites for hydroxylation is 2. The first-order valence-corrected chi connectivity index (χ1v) is 7.44. The summed E-state index contributed by atoms with van der Waals surface area (Å²) in [6.07, 6.45) is 0. The first-order valence-electron chi connectivity index (χ1n) is 7.06. The number of hydrogen-bond acceptors (Lipinski definition) is 1. The third kappa shape index (κ3) is 3.62. The van der Waals surface area contributed by atoms with Gasteiger partial charge < -0.3 is 5.32 Å². The molecule has 0 spiro atoms. The van der Waals surface area contributed by atoms with Gasteiger partial charge in [0.1, 0.15) is 0 Å². The average molecular weight is 288 g/mol. The van der Waals surface area contributed by atoms with Gasteiger partial charge >= 0.3 is 0 Å². The SMILES string of the molecule is Cc1ccc(C(C)N[C@@H](C)c2cccc(Cl)c2)cc1C. The maximum Gasteiger partial charge on any atom is 0.0409 e. The van der Waals surface area contributed by atoms with Crippen LogP contribution in [0.5, 0.6) is 0 Å². The molecule has 0 fully saturated rings. The fourth-order valence-corrected chi connectivity index (χ4v) is 2.58. The Kier molecular flexibility index (Phi) is 4.85. The van der Waals surface area contributed by atoms with E-state index in [2.05, 4.69) is 57.3 Å². The summed E-state index contributed by atoms with van der Waals surface area (Å²) in [6, 6.07) is 15.3. The summed E-state index contributed by atoms with van der Waals surface area (Å²) in [4.78, 5) is 0. The molecule has 0 aliphatic carbocycles. The van der Waals surface area contributed by atoms with Gasteiger partial charge in [0.05, 0.1) is 0 Å². The van der Waals surface area contributed by atoms with Crippen molar-refractivity contribution in [3.63, 3.8) is 0 Å². The van der Waals surface area contributed by atoms with Crippen molar-refractivity contribution < 1.29 is 0 Å². The molecule has 0 heterocycles. The molecule has 2 atom stereocenters. The summed E-state index contributed by atoms with van der Waals surface area (Å²) in [5, 5.41) is 4.41. The first-order chi connectivity index (χ1) is 9.47. The van der Waals surface area contributed by atoms with Crippen LogP contribution in [0.3, 0.4) is 0 Å². The van der Waals surface area contributed by atoms with E-state index in [1.54, 1.807) is 0 Å². The van der Waals surface area contributed by atoms with Crippen molar-refractivity contribution in [2.24, 2.45) is 0 Å². The van der Waals surface area contributed by atoms with E-state index in [-0.39, 0.29) is 6.04 Å². The van der Waals surface area contributed by atoms with Gasteiger partial charge in [0.25, 0.3) is 0 Å². The van der Waals surface area contributed by atoms with Crippen LogP contribution in [-0.4, -0.2) is 0 Å². The minimum Gasteiger partial charge on any atom is -0.304 e. The van der Waals surface area contributed by atoms with E-state index in [1.807, 2.05) is 18.2 Å². The maximum absolute atomic E-state index is 6.05. The highest BCUT2D eigenvalue weighted by molar-refractivity contribution is 6.30. The highest BCUT2D eigenvalue weighted by atomic mass is 35.5. The fourth-order valence-electron chi connectivity index (χ4n) is 2.38. The summed E-state index contributed by atoms with van der Waals surface area (Å²) in [6.45, 7) is 8.67. The Labute approximate surface area is 127 Å². The summed E-state index contributed by atoms with van der Waals surface area (Å²) in [5.41, 5.74) is 5.21. The lowest BCUT2D eigenvalue weighted by molar-refractivity contribution is 0.494. The molecule has 0 saturated carbocycles. The molecule has 1 unspecified atom stereocenters. The lowest BCUT2D eigenvalue weighted by Gasteiger charge is -2.21. The zero-order valence-corrected chi connectivity index (χ0v) is 13.3. The molecule has 1 nitrogen and oxygen atoms in total. The van der Waals surface area contributed by atoms with Gasteiger partial charge in [-0.05, 0) is 62.1 Å². The normalized spacial score (nSPS) is 14.1. The van der Waals surface area contributed by atoms with Crippen LogP contribution in [0.1, 0.15) is 48.2 Å². The molecular weight excluding hydrogens is 266 g/mol. The van der Waals surface area contributed by atoms with E-state index in [4.69, 9.17) is 11.6 Å². The molecule has 20 heavy (non-hydrogen) atoms. The smallest absolute Gasteiger partial charge is 0.0409 e. The molecule has 2 rings (SSSR count). The van der Waals surface area contributed by atoms with E-state index >= 15 is 0 Å². The van der Waals surface area contributed by atoms with Crippen LogP contribution in [0.15, 0.2) is 42.5 Å². The van der Waals surface area contributed by atoms with Gasteiger partial charge in [0.15, 0.2) is 0 Å². The van der Waals surface area contributed by atoms with E-state index in [0.29, 0.717) is 6.04 Å². The molecule has 106 valence electrons. The van der Waals surface area contributed by atoms with Gasteiger partial charge in [0, 0.05) is 17.1 Å². The molecule has 0 radical (unpaired) electrons. The van der Waals surface area contributed by atoms with Crippen molar-refractivity contribution >= 4 is 11.6 Å². The second-order valence-electron chi connectivity index (χ2n) is 5.51. The van der Waals surface area contributed by atoms with Gasteiger partial charge in [-0.3, -0.25) is 0 Å². The number of benzene rings is 2.